The molecule has 27 heavy (non-hydrogen) atoms. The van der Waals surface area contributed by atoms with Gasteiger partial charge in [0.25, 0.3) is 0 Å². The molecule has 0 atom stereocenters. The lowest BCUT2D eigenvalue weighted by atomic mass is 10.0. The number of hydrogen-bond acceptors (Lipinski definition) is 0. The highest BCUT2D eigenvalue weighted by molar-refractivity contribution is 5.57. The van der Waals surface area contributed by atoms with Crippen molar-refractivity contribution in [1.29, 1.82) is 0 Å². The van der Waals surface area contributed by atoms with E-state index in [-0.39, 0.29) is 0 Å². The SMILES string of the molecule is C=C(/C=C/c1ccc(C)c(C)c1)CC(=C)/C=C/c1ccc(CF)c(CC)c1. The predicted molar refractivity (Wildman–Crippen MR) is 118 cm³/mol. The first-order chi connectivity index (χ1) is 12.9. The van der Waals surface area contributed by atoms with Gasteiger partial charge in [0.1, 0.15) is 6.67 Å². The largest absolute Gasteiger partial charge is 0.246 e. The van der Waals surface area contributed by atoms with Gasteiger partial charge in [-0.3, -0.25) is 0 Å². The summed E-state index contributed by atoms with van der Waals surface area (Å²) in [4.78, 5) is 0. The summed E-state index contributed by atoms with van der Waals surface area (Å²) in [5.74, 6) is 0. The predicted octanol–water partition coefficient (Wildman–Crippen LogP) is 7.56. The number of alkyl halides is 1. The number of halogens is 1. The van der Waals surface area contributed by atoms with Gasteiger partial charge in [-0.2, -0.15) is 0 Å². The van der Waals surface area contributed by atoms with Crippen LogP contribution in [0.15, 0.2) is 72.9 Å². The van der Waals surface area contributed by atoms with Crippen LogP contribution >= 0.6 is 0 Å². The molecule has 0 fully saturated rings. The molecular formula is C26H29F. The highest BCUT2D eigenvalue weighted by Gasteiger charge is 2.01. The molecule has 0 bridgehead atoms. The Morgan fingerprint density at radius 3 is 2.00 bits per heavy atom. The average molecular weight is 361 g/mol. The topological polar surface area (TPSA) is 0 Å². The van der Waals surface area contributed by atoms with Gasteiger partial charge in [-0.15, -0.1) is 0 Å². The third-order valence-corrected chi connectivity index (χ3v) is 4.76. The van der Waals surface area contributed by atoms with Crippen molar-refractivity contribution in [3.8, 4) is 0 Å². The number of aryl methyl sites for hydroxylation is 3. The highest BCUT2D eigenvalue weighted by atomic mass is 19.1. The first-order valence-electron chi connectivity index (χ1n) is 9.39. The monoisotopic (exact) mass is 360 g/mol. The van der Waals surface area contributed by atoms with Gasteiger partial charge in [0.05, 0.1) is 0 Å². The quantitative estimate of drug-likeness (QED) is 0.426. The van der Waals surface area contributed by atoms with Crippen molar-refractivity contribution in [2.24, 2.45) is 0 Å². The second-order valence-electron chi connectivity index (χ2n) is 7.02. The summed E-state index contributed by atoms with van der Waals surface area (Å²) in [6, 6.07) is 12.3. The molecule has 0 unspecified atom stereocenters. The van der Waals surface area contributed by atoms with Crippen LogP contribution in [0.1, 0.15) is 46.7 Å². The number of rotatable bonds is 8. The second-order valence-corrected chi connectivity index (χ2v) is 7.02. The standard InChI is InChI=1S/C26H29F/c1-6-25-17-24(13-14-26(25)18-27)11-8-20(3)15-19(2)7-10-23-12-9-21(4)22(5)16-23/h7-14,16-17H,2-3,6,15,18H2,1,4-5H3/b10-7+,11-8+. The van der Waals surface area contributed by atoms with Crippen LogP contribution in [-0.2, 0) is 13.1 Å². The van der Waals surface area contributed by atoms with Crippen LogP contribution in [0.2, 0.25) is 0 Å². The molecule has 0 aromatic heterocycles. The molecule has 0 aliphatic heterocycles. The first kappa shape index (κ1) is 20.6. The van der Waals surface area contributed by atoms with Crippen molar-refractivity contribution < 1.29 is 4.39 Å². The van der Waals surface area contributed by atoms with Crippen molar-refractivity contribution >= 4 is 12.2 Å². The van der Waals surface area contributed by atoms with Gasteiger partial charge < -0.3 is 0 Å². The van der Waals surface area contributed by atoms with E-state index >= 15 is 0 Å². The van der Waals surface area contributed by atoms with Gasteiger partial charge in [-0.25, -0.2) is 4.39 Å². The van der Waals surface area contributed by atoms with Crippen LogP contribution in [0, 0.1) is 13.8 Å². The molecule has 1 heteroatoms. The number of benzene rings is 2. The maximum atomic E-state index is 13.0. The summed E-state index contributed by atoms with van der Waals surface area (Å²) in [5, 5.41) is 0. The maximum Gasteiger partial charge on any atom is 0.115 e. The molecule has 0 spiro atoms. The Bertz CT molecular complexity index is 881. The molecule has 140 valence electrons. The van der Waals surface area contributed by atoms with Crippen molar-refractivity contribution in [3.63, 3.8) is 0 Å². The first-order valence-corrected chi connectivity index (χ1v) is 9.39. The van der Waals surface area contributed by atoms with Crippen LogP contribution in [0.25, 0.3) is 12.2 Å². The van der Waals surface area contributed by atoms with E-state index in [4.69, 9.17) is 0 Å². The van der Waals surface area contributed by atoms with E-state index in [1.165, 1.54) is 16.7 Å². The third-order valence-electron chi connectivity index (χ3n) is 4.76. The number of hydrogen-bond donors (Lipinski definition) is 0. The van der Waals surface area contributed by atoms with E-state index in [0.717, 1.165) is 40.7 Å². The summed E-state index contributed by atoms with van der Waals surface area (Å²) in [7, 11) is 0. The Kier molecular flexibility index (Phi) is 7.55. The van der Waals surface area contributed by atoms with E-state index < -0.39 is 6.67 Å². The zero-order chi connectivity index (χ0) is 19.8. The summed E-state index contributed by atoms with van der Waals surface area (Å²) < 4.78 is 13.0. The van der Waals surface area contributed by atoms with Crippen LogP contribution in [-0.4, -0.2) is 0 Å². The molecule has 0 heterocycles. The lowest BCUT2D eigenvalue weighted by Crippen LogP contribution is -1.90. The van der Waals surface area contributed by atoms with Crippen LogP contribution in [0.3, 0.4) is 0 Å². The zero-order valence-corrected chi connectivity index (χ0v) is 16.7. The Labute approximate surface area is 163 Å². The van der Waals surface area contributed by atoms with Crippen molar-refractivity contribution in [2.75, 3.05) is 0 Å². The van der Waals surface area contributed by atoms with Gasteiger partial charge in [0.2, 0.25) is 0 Å². The summed E-state index contributed by atoms with van der Waals surface area (Å²) in [6.45, 7) is 14.1. The van der Waals surface area contributed by atoms with Crippen molar-refractivity contribution in [1.82, 2.24) is 0 Å². The van der Waals surface area contributed by atoms with Gasteiger partial charge in [-0.1, -0.05) is 91.9 Å². The lowest BCUT2D eigenvalue weighted by molar-refractivity contribution is 0.482. The molecule has 0 saturated heterocycles. The minimum Gasteiger partial charge on any atom is -0.246 e. The molecule has 0 N–H and O–H groups in total. The lowest BCUT2D eigenvalue weighted by Gasteiger charge is -2.06. The Morgan fingerprint density at radius 2 is 1.44 bits per heavy atom. The Balaban J connectivity index is 1.96. The van der Waals surface area contributed by atoms with E-state index in [1.54, 1.807) is 0 Å². The number of allylic oxidation sites excluding steroid dienone is 4. The molecular weight excluding hydrogens is 331 g/mol. The fourth-order valence-electron chi connectivity index (χ4n) is 2.91. The van der Waals surface area contributed by atoms with E-state index in [2.05, 4.69) is 51.3 Å². The van der Waals surface area contributed by atoms with Crippen LogP contribution in [0.5, 0.6) is 0 Å². The molecule has 0 amide bonds. The molecule has 2 aromatic carbocycles. The molecule has 2 rings (SSSR count). The molecule has 0 radical (unpaired) electrons. The van der Waals surface area contributed by atoms with Gasteiger partial charge in [-0.05, 0) is 60.1 Å². The molecule has 0 saturated carbocycles. The third kappa shape index (κ3) is 6.21. The summed E-state index contributed by atoms with van der Waals surface area (Å²) in [5.41, 5.74) is 8.70. The van der Waals surface area contributed by atoms with Crippen LogP contribution in [0.4, 0.5) is 4.39 Å². The fourth-order valence-corrected chi connectivity index (χ4v) is 2.91. The minimum absolute atomic E-state index is 0.410. The molecule has 0 aliphatic rings. The summed E-state index contributed by atoms with van der Waals surface area (Å²) >= 11 is 0. The van der Waals surface area contributed by atoms with Crippen molar-refractivity contribution in [3.05, 3.63) is 106 Å². The van der Waals surface area contributed by atoms with Gasteiger partial charge in [0.15, 0.2) is 0 Å². The Morgan fingerprint density at radius 1 is 0.852 bits per heavy atom. The second kappa shape index (κ2) is 9.87. The van der Waals surface area contributed by atoms with Gasteiger partial charge >= 0.3 is 0 Å². The summed E-state index contributed by atoms with van der Waals surface area (Å²) in [6.07, 6.45) is 9.75. The minimum atomic E-state index is -0.410. The smallest absolute Gasteiger partial charge is 0.115 e. The van der Waals surface area contributed by atoms with Crippen LogP contribution < -0.4 is 0 Å². The van der Waals surface area contributed by atoms with Crippen molar-refractivity contribution in [2.45, 2.75) is 40.3 Å². The zero-order valence-electron chi connectivity index (χ0n) is 16.7. The average Bonchev–Trinajstić information content (AvgIpc) is 2.67. The fraction of sp³-hybridized carbons (Fsp3) is 0.231. The molecule has 0 nitrogen and oxygen atoms in total. The van der Waals surface area contributed by atoms with E-state index in [1.807, 2.05) is 43.4 Å². The van der Waals surface area contributed by atoms with E-state index in [9.17, 15) is 4.39 Å². The molecule has 0 aliphatic carbocycles. The highest BCUT2D eigenvalue weighted by Crippen LogP contribution is 2.18. The normalized spacial score (nSPS) is 11.4. The van der Waals surface area contributed by atoms with E-state index in [0.29, 0.717) is 0 Å². The maximum absolute atomic E-state index is 13.0. The van der Waals surface area contributed by atoms with Gasteiger partial charge in [0, 0.05) is 0 Å². The Hall–Kier alpha value is -2.67. The molecule has 2 aromatic rings.